The second kappa shape index (κ2) is 6.97. The van der Waals surface area contributed by atoms with Crippen molar-refractivity contribution < 1.29 is 9.53 Å². The standard InChI is InChI=1S/C23H14Br2N2O2/c1-29-23(28)17-5-3-2-4-16(17)22-26-20-14-8-6-12(24)10-18(14)19-11-13(25)7-9-15(19)21(20)27-22/h2-11H,1H3,(H,26,27). The summed E-state index contributed by atoms with van der Waals surface area (Å²) in [5, 5.41) is 4.36. The molecule has 0 atom stereocenters. The fourth-order valence-electron chi connectivity index (χ4n) is 3.77. The van der Waals surface area contributed by atoms with Gasteiger partial charge < -0.3 is 9.72 Å². The lowest BCUT2D eigenvalue weighted by atomic mass is 10.0. The van der Waals surface area contributed by atoms with Crippen LogP contribution in [0.5, 0.6) is 0 Å². The minimum atomic E-state index is -0.386. The van der Waals surface area contributed by atoms with Crippen molar-refractivity contribution in [3.05, 3.63) is 75.2 Å². The van der Waals surface area contributed by atoms with Crippen LogP contribution < -0.4 is 0 Å². The van der Waals surface area contributed by atoms with Crippen LogP contribution in [0.2, 0.25) is 0 Å². The third-order valence-corrected chi connectivity index (χ3v) is 6.06. The molecule has 0 spiro atoms. The number of ether oxygens (including phenoxy) is 1. The Morgan fingerprint density at radius 3 is 2.28 bits per heavy atom. The highest BCUT2D eigenvalue weighted by atomic mass is 79.9. The highest BCUT2D eigenvalue weighted by Gasteiger charge is 2.18. The first kappa shape index (κ1) is 18.3. The van der Waals surface area contributed by atoms with Gasteiger partial charge in [-0.05, 0) is 41.1 Å². The third kappa shape index (κ3) is 2.94. The van der Waals surface area contributed by atoms with Gasteiger partial charge in [0.25, 0.3) is 0 Å². The summed E-state index contributed by atoms with van der Waals surface area (Å²) in [5.74, 6) is 0.254. The quantitative estimate of drug-likeness (QED) is 0.209. The SMILES string of the molecule is COC(=O)c1ccccc1-c1nc2c3ccc(Br)cc3c3cc(Br)ccc3c2[nH]1. The van der Waals surface area contributed by atoms with Crippen LogP contribution in [-0.2, 0) is 4.74 Å². The van der Waals surface area contributed by atoms with E-state index in [0.717, 1.165) is 41.5 Å². The van der Waals surface area contributed by atoms with E-state index < -0.39 is 0 Å². The van der Waals surface area contributed by atoms with Gasteiger partial charge in [-0.25, -0.2) is 9.78 Å². The Morgan fingerprint density at radius 2 is 1.55 bits per heavy atom. The number of hydrogen-bond acceptors (Lipinski definition) is 3. The number of nitrogens with zero attached hydrogens (tertiary/aromatic N) is 1. The van der Waals surface area contributed by atoms with E-state index >= 15 is 0 Å². The van der Waals surface area contributed by atoms with Gasteiger partial charge in [0.2, 0.25) is 0 Å². The van der Waals surface area contributed by atoms with E-state index in [1.165, 1.54) is 7.11 Å². The number of methoxy groups -OCH3 is 1. The van der Waals surface area contributed by atoms with E-state index in [1.807, 2.05) is 30.3 Å². The smallest absolute Gasteiger partial charge is 0.338 e. The Kier molecular flexibility index (Phi) is 4.41. The van der Waals surface area contributed by atoms with Gasteiger partial charge in [-0.3, -0.25) is 0 Å². The van der Waals surface area contributed by atoms with Crippen molar-refractivity contribution in [2.75, 3.05) is 7.11 Å². The largest absolute Gasteiger partial charge is 0.465 e. The fraction of sp³-hybridized carbons (Fsp3) is 0.0435. The Bertz CT molecular complexity index is 1360. The second-order valence-electron chi connectivity index (χ2n) is 6.73. The fourth-order valence-corrected chi connectivity index (χ4v) is 4.49. The lowest BCUT2D eigenvalue weighted by Crippen LogP contribution is -2.03. The Hall–Kier alpha value is -2.70. The molecule has 4 aromatic carbocycles. The molecule has 0 saturated heterocycles. The molecule has 4 nitrogen and oxygen atoms in total. The van der Waals surface area contributed by atoms with E-state index in [4.69, 9.17) is 9.72 Å². The molecule has 0 radical (unpaired) electrons. The molecule has 142 valence electrons. The number of benzene rings is 4. The summed E-state index contributed by atoms with van der Waals surface area (Å²) in [6.45, 7) is 0. The molecule has 6 heteroatoms. The van der Waals surface area contributed by atoms with Crippen molar-refractivity contribution in [3.8, 4) is 11.4 Å². The normalized spacial score (nSPS) is 11.4. The van der Waals surface area contributed by atoms with E-state index in [-0.39, 0.29) is 5.97 Å². The lowest BCUT2D eigenvalue weighted by Gasteiger charge is -2.07. The van der Waals surface area contributed by atoms with Gasteiger partial charge in [0, 0.05) is 25.3 Å². The molecule has 0 amide bonds. The molecule has 0 aliphatic rings. The van der Waals surface area contributed by atoms with Crippen LogP contribution in [0.15, 0.2) is 69.6 Å². The summed E-state index contributed by atoms with van der Waals surface area (Å²) < 4.78 is 6.97. The highest BCUT2D eigenvalue weighted by molar-refractivity contribution is 9.10. The number of rotatable bonds is 2. The molecule has 1 aromatic heterocycles. The molecule has 0 bridgehead atoms. The first-order valence-corrected chi connectivity index (χ1v) is 10.5. The predicted octanol–water partition coefficient (Wildman–Crippen LogP) is 6.85. The summed E-state index contributed by atoms with van der Waals surface area (Å²) >= 11 is 7.17. The average molecular weight is 510 g/mol. The number of nitrogens with one attached hydrogen (secondary N) is 1. The van der Waals surface area contributed by atoms with Crippen LogP contribution >= 0.6 is 31.9 Å². The predicted molar refractivity (Wildman–Crippen MR) is 123 cm³/mol. The molecular weight excluding hydrogens is 496 g/mol. The van der Waals surface area contributed by atoms with E-state index in [9.17, 15) is 4.79 Å². The van der Waals surface area contributed by atoms with E-state index in [1.54, 1.807) is 6.07 Å². The topological polar surface area (TPSA) is 55.0 Å². The molecule has 0 unspecified atom stereocenters. The van der Waals surface area contributed by atoms with Crippen molar-refractivity contribution in [2.24, 2.45) is 0 Å². The average Bonchev–Trinajstić information content (AvgIpc) is 3.18. The van der Waals surface area contributed by atoms with E-state index in [0.29, 0.717) is 17.0 Å². The number of aromatic nitrogens is 2. The molecule has 29 heavy (non-hydrogen) atoms. The summed E-state index contributed by atoms with van der Waals surface area (Å²) in [7, 11) is 1.38. The van der Waals surface area contributed by atoms with Gasteiger partial charge in [-0.15, -0.1) is 0 Å². The number of H-pyrrole nitrogens is 1. The summed E-state index contributed by atoms with van der Waals surface area (Å²) in [6, 6.07) is 19.7. The van der Waals surface area contributed by atoms with Crippen LogP contribution in [0, 0.1) is 0 Å². The number of esters is 1. The van der Waals surface area contributed by atoms with Crippen molar-refractivity contribution in [3.63, 3.8) is 0 Å². The number of fused-ring (bicyclic) bond motifs is 6. The highest BCUT2D eigenvalue weighted by Crippen LogP contribution is 2.38. The van der Waals surface area contributed by atoms with Gasteiger partial charge in [-0.2, -0.15) is 0 Å². The number of imidazole rings is 1. The number of aromatic amines is 1. The van der Waals surface area contributed by atoms with Crippen molar-refractivity contribution in [1.29, 1.82) is 0 Å². The van der Waals surface area contributed by atoms with Gasteiger partial charge in [-0.1, -0.05) is 62.2 Å². The molecular formula is C23H14Br2N2O2. The van der Waals surface area contributed by atoms with Gasteiger partial charge in [0.05, 0.1) is 23.7 Å². The minimum Gasteiger partial charge on any atom is -0.465 e. The maximum Gasteiger partial charge on any atom is 0.338 e. The summed E-state index contributed by atoms with van der Waals surface area (Å²) in [4.78, 5) is 20.6. The van der Waals surface area contributed by atoms with Crippen molar-refractivity contribution in [1.82, 2.24) is 9.97 Å². The van der Waals surface area contributed by atoms with Crippen LogP contribution in [0.1, 0.15) is 10.4 Å². The monoisotopic (exact) mass is 508 g/mol. The molecule has 1 heterocycles. The van der Waals surface area contributed by atoms with Crippen LogP contribution in [0.3, 0.4) is 0 Å². The van der Waals surface area contributed by atoms with Crippen molar-refractivity contribution in [2.45, 2.75) is 0 Å². The summed E-state index contributed by atoms with van der Waals surface area (Å²) in [6.07, 6.45) is 0. The Balaban J connectivity index is 1.91. The maximum atomic E-state index is 12.2. The van der Waals surface area contributed by atoms with E-state index in [2.05, 4.69) is 61.1 Å². The molecule has 0 saturated carbocycles. The minimum absolute atomic E-state index is 0.386. The van der Waals surface area contributed by atoms with Gasteiger partial charge >= 0.3 is 5.97 Å². The molecule has 0 aliphatic carbocycles. The molecule has 5 rings (SSSR count). The zero-order valence-corrected chi connectivity index (χ0v) is 18.5. The van der Waals surface area contributed by atoms with Crippen LogP contribution in [0.25, 0.3) is 44.0 Å². The van der Waals surface area contributed by atoms with Gasteiger partial charge in [0.1, 0.15) is 5.82 Å². The van der Waals surface area contributed by atoms with Crippen LogP contribution in [-0.4, -0.2) is 23.0 Å². The number of carbonyl (C=O) groups is 1. The first-order chi connectivity index (χ1) is 14.1. The van der Waals surface area contributed by atoms with Crippen molar-refractivity contribution >= 4 is 70.4 Å². The number of halogens is 2. The molecule has 1 N–H and O–H groups in total. The third-order valence-electron chi connectivity index (χ3n) is 5.07. The first-order valence-electron chi connectivity index (χ1n) is 8.95. The zero-order valence-electron chi connectivity index (χ0n) is 15.3. The summed E-state index contributed by atoms with van der Waals surface area (Å²) in [5.41, 5.74) is 3.01. The molecule has 0 fully saturated rings. The van der Waals surface area contributed by atoms with Crippen LogP contribution in [0.4, 0.5) is 0 Å². The molecule has 0 aliphatic heterocycles. The lowest BCUT2D eigenvalue weighted by molar-refractivity contribution is 0.0601. The number of carbonyl (C=O) groups excluding carboxylic acids is 1. The number of hydrogen-bond donors (Lipinski definition) is 1. The zero-order chi connectivity index (χ0) is 20.1. The maximum absolute atomic E-state index is 12.2. The Morgan fingerprint density at radius 1 is 0.897 bits per heavy atom. The Labute approximate surface area is 183 Å². The van der Waals surface area contributed by atoms with Gasteiger partial charge in [0.15, 0.2) is 0 Å². The second-order valence-corrected chi connectivity index (χ2v) is 8.56. The molecule has 5 aromatic rings.